The highest BCUT2D eigenvalue weighted by atomic mass is 16.6. The Bertz CT molecular complexity index is 1540. The van der Waals surface area contributed by atoms with Crippen molar-refractivity contribution in [3.8, 4) is 11.5 Å². The first-order valence-electron chi connectivity index (χ1n) is 13.0. The van der Waals surface area contributed by atoms with Gasteiger partial charge in [0.2, 0.25) is 18.1 Å². The second-order valence-electron chi connectivity index (χ2n) is 8.88. The Hall–Kier alpha value is -5.92. The van der Waals surface area contributed by atoms with Crippen LogP contribution >= 0.6 is 0 Å². The number of ether oxygens (including phenoxy) is 4. The fraction of sp³-hybridized carbons (Fsp3) is 0.200. The summed E-state index contributed by atoms with van der Waals surface area (Å²) in [4.78, 5) is 75.4. The fourth-order valence-corrected chi connectivity index (χ4v) is 3.58. The summed E-state index contributed by atoms with van der Waals surface area (Å²) in [7, 11) is 2.71. The van der Waals surface area contributed by atoms with Crippen LogP contribution < -0.4 is 25.6 Å². The number of nitrogens with one attached hydrogen (secondary N) is 3. The molecule has 0 heterocycles. The second kappa shape index (κ2) is 15.3. The van der Waals surface area contributed by atoms with E-state index in [1.54, 1.807) is 6.92 Å². The normalized spacial score (nSPS) is 11.6. The monoisotopic (exact) mass is 607 g/mol. The van der Waals surface area contributed by atoms with E-state index in [1.807, 2.05) is 5.43 Å². The van der Waals surface area contributed by atoms with Gasteiger partial charge in [-0.05, 0) is 60.7 Å². The average molecular weight is 608 g/mol. The highest BCUT2D eigenvalue weighted by molar-refractivity contribution is 5.99. The summed E-state index contributed by atoms with van der Waals surface area (Å²) in [6, 6.07) is 16.8. The minimum Gasteiger partial charge on any atom is -0.497 e. The van der Waals surface area contributed by atoms with Gasteiger partial charge in [0.05, 0.1) is 25.3 Å². The van der Waals surface area contributed by atoms with Crippen LogP contribution in [0.1, 0.15) is 44.4 Å². The smallest absolute Gasteiger partial charge is 0.349 e. The van der Waals surface area contributed by atoms with Crippen molar-refractivity contribution in [3.63, 3.8) is 0 Å². The number of benzene rings is 3. The first-order chi connectivity index (χ1) is 21.1. The Morgan fingerprint density at radius 3 is 1.70 bits per heavy atom. The molecule has 2 atom stereocenters. The van der Waals surface area contributed by atoms with Crippen LogP contribution in [0, 0.1) is 0 Å². The maximum Gasteiger partial charge on any atom is 0.349 e. The first kappa shape index (κ1) is 32.6. The fourth-order valence-electron chi connectivity index (χ4n) is 3.58. The Morgan fingerprint density at radius 2 is 1.23 bits per heavy atom. The van der Waals surface area contributed by atoms with Crippen molar-refractivity contribution in [1.29, 1.82) is 0 Å². The summed E-state index contributed by atoms with van der Waals surface area (Å²) in [6.45, 7) is 1.68. The van der Waals surface area contributed by atoms with Gasteiger partial charge in [-0.3, -0.25) is 25.2 Å². The maximum atomic E-state index is 13.2. The molecule has 0 unspecified atom stereocenters. The lowest BCUT2D eigenvalue weighted by atomic mass is 10.1. The number of rotatable bonds is 12. The van der Waals surface area contributed by atoms with Crippen LogP contribution in [0.5, 0.6) is 11.5 Å². The van der Waals surface area contributed by atoms with Crippen molar-refractivity contribution >= 4 is 41.3 Å². The molecule has 44 heavy (non-hydrogen) atoms. The van der Waals surface area contributed by atoms with Gasteiger partial charge in [0.1, 0.15) is 11.5 Å². The molecule has 14 heteroatoms. The van der Waals surface area contributed by atoms with Gasteiger partial charge in [0.15, 0.2) is 0 Å². The number of hydrogen-bond donors (Lipinski definition) is 4. The summed E-state index contributed by atoms with van der Waals surface area (Å²) in [5.74, 6) is -5.98. The topological polar surface area (TPSA) is 196 Å². The number of amides is 3. The molecular formula is C30H29N3O11. The lowest BCUT2D eigenvalue weighted by molar-refractivity contribution is -0.159. The molecule has 3 aromatic carbocycles. The Morgan fingerprint density at radius 1 is 0.705 bits per heavy atom. The van der Waals surface area contributed by atoms with E-state index < -0.39 is 41.9 Å². The van der Waals surface area contributed by atoms with E-state index >= 15 is 0 Å². The molecule has 0 saturated carbocycles. The van der Waals surface area contributed by atoms with Crippen LogP contribution in [-0.2, 0) is 23.9 Å². The minimum absolute atomic E-state index is 0.0592. The molecule has 0 fully saturated rings. The Labute approximate surface area is 251 Å². The molecular weight excluding hydrogens is 578 g/mol. The van der Waals surface area contributed by atoms with Crippen LogP contribution in [0.2, 0.25) is 0 Å². The van der Waals surface area contributed by atoms with Crippen molar-refractivity contribution in [3.05, 3.63) is 89.5 Å². The average Bonchev–Trinajstić information content (AvgIpc) is 3.04. The second-order valence-corrected chi connectivity index (χ2v) is 8.88. The third-order valence-electron chi connectivity index (χ3n) is 5.91. The lowest BCUT2D eigenvalue weighted by Crippen LogP contribution is -2.54. The molecule has 0 aliphatic heterocycles. The number of anilines is 1. The van der Waals surface area contributed by atoms with Crippen LogP contribution in [0.15, 0.2) is 72.8 Å². The SMILES string of the molecule is CCC(=O)Nc1ccc(C(=O)NNC(=O)[C@@H](OC(=O)c2cccc(OC)c2)[C@H](OC(=O)c2cccc(OC)c2)C(=O)O)cc1. The maximum absolute atomic E-state index is 13.2. The van der Waals surface area contributed by atoms with Gasteiger partial charge in [0, 0.05) is 17.7 Å². The molecule has 0 bridgehead atoms. The van der Waals surface area contributed by atoms with E-state index in [1.165, 1.54) is 87.0 Å². The molecule has 3 aromatic rings. The predicted molar refractivity (Wildman–Crippen MR) is 153 cm³/mol. The number of hydrazine groups is 1. The molecule has 0 aliphatic carbocycles. The summed E-state index contributed by atoms with van der Waals surface area (Å²) < 4.78 is 20.5. The number of aliphatic carboxylic acids is 1. The van der Waals surface area contributed by atoms with Crippen LogP contribution in [0.3, 0.4) is 0 Å². The van der Waals surface area contributed by atoms with Gasteiger partial charge in [-0.1, -0.05) is 19.1 Å². The lowest BCUT2D eigenvalue weighted by Gasteiger charge is -2.23. The standard InChI is InChI=1S/C30H29N3O11/c1-4-23(34)31-20-13-11-17(12-14-20)26(35)32-33-27(36)24(43-29(39)18-7-5-9-21(15-18)41-2)25(28(37)38)44-30(40)19-8-6-10-22(16-19)42-3/h5-16,24-25H,4H2,1-3H3,(H,31,34)(H,32,35)(H,33,36)(H,37,38)/t24-,25-/m0/s1. The van der Waals surface area contributed by atoms with Gasteiger partial charge < -0.3 is 29.4 Å². The van der Waals surface area contributed by atoms with Crippen LogP contribution in [0.4, 0.5) is 5.69 Å². The number of carboxylic acids is 1. The molecule has 3 amide bonds. The summed E-state index contributed by atoms with van der Waals surface area (Å²) in [5.41, 5.74) is 4.36. The van der Waals surface area contributed by atoms with Crippen molar-refractivity contribution in [1.82, 2.24) is 10.9 Å². The number of esters is 2. The highest BCUT2D eigenvalue weighted by Crippen LogP contribution is 2.19. The summed E-state index contributed by atoms with van der Waals surface area (Å²) >= 11 is 0. The van der Waals surface area contributed by atoms with Gasteiger partial charge in [0.25, 0.3) is 11.8 Å². The molecule has 14 nitrogen and oxygen atoms in total. The molecule has 4 N–H and O–H groups in total. The first-order valence-corrected chi connectivity index (χ1v) is 13.0. The van der Waals surface area contributed by atoms with Crippen LogP contribution in [0.25, 0.3) is 0 Å². The van der Waals surface area contributed by atoms with Gasteiger partial charge in [-0.15, -0.1) is 0 Å². The molecule has 0 aliphatic rings. The summed E-state index contributed by atoms with van der Waals surface area (Å²) in [6.07, 6.45) is -4.36. The van der Waals surface area contributed by atoms with E-state index in [0.717, 1.165) is 0 Å². The minimum atomic E-state index is -2.35. The number of carbonyl (C=O) groups excluding carboxylic acids is 5. The largest absolute Gasteiger partial charge is 0.497 e. The van der Waals surface area contributed by atoms with Gasteiger partial charge >= 0.3 is 17.9 Å². The van der Waals surface area contributed by atoms with Crippen molar-refractivity contribution < 1.29 is 52.8 Å². The summed E-state index contributed by atoms with van der Waals surface area (Å²) in [5, 5.41) is 12.5. The number of hydrogen-bond acceptors (Lipinski definition) is 10. The van der Waals surface area contributed by atoms with E-state index in [0.29, 0.717) is 5.69 Å². The molecule has 0 radical (unpaired) electrons. The predicted octanol–water partition coefficient (Wildman–Crippen LogP) is 2.35. The van der Waals surface area contributed by atoms with Gasteiger partial charge in [-0.25, -0.2) is 14.4 Å². The number of carboxylic acid groups (broad SMARTS) is 1. The van der Waals surface area contributed by atoms with Crippen LogP contribution in [-0.4, -0.2) is 67.2 Å². The Balaban J connectivity index is 1.83. The zero-order valence-corrected chi connectivity index (χ0v) is 23.8. The van der Waals surface area contributed by atoms with E-state index in [-0.39, 0.29) is 40.5 Å². The highest BCUT2D eigenvalue weighted by Gasteiger charge is 2.41. The number of carbonyl (C=O) groups is 6. The molecule has 3 rings (SSSR count). The molecule has 0 aromatic heterocycles. The zero-order valence-electron chi connectivity index (χ0n) is 23.8. The van der Waals surface area contributed by atoms with E-state index in [4.69, 9.17) is 18.9 Å². The quantitative estimate of drug-likeness (QED) is 0.174. The molecule has 0 spiro atoms. The van der Waals surface area contributed by atoms with Crippen molar-refractivity contribution in [2.24, 2.45) is 0 Å². The number of methoxy groups -OCH3 is 2. The van der Waals surface area contributed by atoms with Crippen molar-refractivity contribution in [2.45, 2.75) is 25.6 Å². The third kappa shape index (κ3) is 8.79. The van der Waals surface area contributed by atoms with E-state index in [2.05, 4.69) is 10.7 Å². The molecule has 230 valence electrons. The third-order valence-corrected chi connectivity index (χ3v) is 5.91. The van der Waals surface area contributed by atoms with E-state index in [9.17, 15) is 33.9 Å². The zero-order chi connectivity index (χ0) is 32.2. The van der Waals surface area contributed by atoms with Gasteiger partial charge in [-0.2, -0.15) is 0 Å². The Kier molecular flexibility index (Phi) is 11.4. The van der Waals surface area contributed by atoms with Crippen molar-refractivity contribution in [2.75, 3.05) is 19.5 Å². The molecule has 0 saturated heterocycles.